The Hall–Kier alpha value is -2.63. The summed E-state index contributed by atoms with van der Waals surface area (Å²) >= 11 is 0. The van der Waals surface area contributed by atoms with E-state index in [4.69, 9.17) is 0 Å². The molecule has 0 radical (unpaired) electrons. The molecule has 6 nitrogen and oxygen atoms in total. The van der Waals surface area contributed by atoms with E-state index in [2.05, 4.69) is 46.5 Å². The number of carbonyl (C=O) groups is 1. The van der Waals surface area contributed by atoms with Gasteiger partial charge >= 0.3 is 0 Å². The number of hydrogen-bond donors (Lipinski definition) is 1. The molecule has 6 heteroatoms. The Morgan fingerprint density at radius 2 is 1.92 bits per heavy atom. The summed E-state index contributed by atoms with van der Waals surface area (Å²) in [6.45, 7) is 10.2. The Kier molecular flexibility index (Phi) is 6.12. The van der Waals surface area contributed by atoms with Gasteiger partial charge in [-0.2, -0.15) is 10.2 Å². The van der Waals surface area contributed by atoms with Crippen LogP contribution >= 0.6 is 0 Å². The summed E-state index contributed by atoms with van der Waals surface area (Å²) in [5.41, 5.74) is 6.52. The highest BCUT2D eigenvalue weighted by molar-refractivity contribution is 5.82. The maximum Gasteiger partial charge on any atom is 0.261 e. The van der Waals surface area contributed by atoms with Gasteiger partial charge in [0, 0.05) is 24.5 Å². The normalized spacial score (nSPS) is 11.0. The number of nitrogens with one attached hydrogen (secondary N) is 1. The van der Waals surface area contributed by atoms with Gasteiger partial charge in [-0.15, -0.1) is 0 Å². The Morgan fingerprint density at radius 1 is 1.25 bits per heavy atom. The average molecular weight is 327 g/mol. The molecule has 0 spiro atoms. The summed E-state index contributed by atoms with van der Waals surface area (Å²) in [7, 11) is 0. The van der Waals surface area contributed by atoms with Crippen LogP contribution in [0.3, 0.4) is 0 Å². The topological polar surface area (TPSA) is 62.5 Å². The lowest BCUT2D eigenvalue weighted by Gasteiger charge is -2.20. The van der Waals surface area contributed by atoms with Gasteiger partial charge in [-0.05, 0) is 51.5 Å². The summed E-state index contributed by atoms with van der Waals surface area (Å²) in [4.78, 5) is 14.2. The molecule has 0 saturated carbocycles. The van der Waals surface area contributed by atoms with E-state index in [1.54, 1.807) is 10.9 Å². The lowest BCUT2D eigenvalue weighted by Crippen LogP contribution is -2.24. The number of amides is 1. The minimum atomic E-state index is -0.197. The molecule has 0 bridgehead atoms. The first kappa shape index (κ1) is 17.7. The van der Waals surface area contributed by atoms with Gasteiger partial charge in [-0.1, -0.05) is 12.1 Å². The Balaban J connectivity index is 1.89. The Labute approximate surface area is 143 Å². The zero-order chi connectivity index (χ0) is 17.5. The molecule has 1 heterocycles. The lowest BCUT2D eigenvalue weighted by molar-refractivity contribution is -0.121. The van der Waals surface area contributed by atoms with E-state index in [1.807, 2.05) is 32.0 Å². The molecule has 1 amide bonds. The second-order valence-corrected chi connectivity index (χ2v) is 5.64. The monoisotopic (exact) mass is 327 g/mol. The Bertz CT molecular complexity index is 699. The van der Waals surface area contributed by atoms with E-state index in [9.17, 15) is 4.79 Å². The number of nitrogens with zero attached hydrogens (tertiary/aromatic N) is 4. The molecule has 0 aliphatic rings. The predicted octanol–water partition coefficient (Wildman–Crippen LogP) is 2.50. The molecule has 24 heavy (non-hydrogen) atoms. The van der Waals surface area contributed by atoms with Gasteiger partial charge in [0.1, 0.15) is 6.54 Å². The van der Waals surface area contributed by atoms with E-state index in [-0.39, 0.29) is 12.5 Å². The highest BCUT2D eigenvalue weighted by Gasteiger charge is 2.06. The van der Waals surface area contributed by atoms with Crippen LogP contribution in [-0.4, -0.2) is 35.0 Å². The third-order valence-electron chi connectivity index (χ3n) is 3.82. The molecular formula is C18H25N5O. The number of hydrogen-bond acceptors (Lipinski definition) is 4. The number of rotatable bonds is 7. The summed E-state index contributed by atoms with van der Waals surface area (Å²) in [5, 5.41) is 8.27. The highest BCUT2D eigenvalue weighted by atomic mass is 16.2. The highest BCUT2D eigenvalue weighted by Crippen LogP contribution is 2.13. The smallest absolute Gasteiger partial charge is 0.261 e. The van der Waals surface area contributed by atoms with Crippen molar-refractivity contribution in [3.8, 4) is 0 Å². The number of aromatic nitrogens is 2. The zero-order valence-electron chi connectivity index (χ0n) is 14.8. The quantitative estimate of drug-likeness (QED) is 0.628. The Morgan fingerprint density at radius 3 is 2.46 bits per heavy atom. The summed E-state index contributed by atoms with van der Waals surface area (Å²) in [6, 6.07) is 10.0. The van der Waals surface area contributed by atoms with Gasteiger partial charge in [0.15, 0.2) is 0 Å². The van der Waals surface area contributed by atoms with Gasteiger partial charge in [0.2, 0.25) is 0 Å². The van der Waals surface area contributed by atoms with Crippen molar-refractivity contribution < 1.29 is 4.79 Å². The van der Waals surface area contributed by atoms with Gasteiger partial charge in [0.05, 0.1) is 11.9 Å². The fourth-order valence-corrected chi connectivity index (χ4v) is 2.55. The van der Waals surface area contributed by atoms with Crippen molar-refractivity contribution in [1.29, 1.82) is 0 Å². The van der Waals surface area contributed by atoms with Crippen molar-refractivity contribution in [3.63, 3.8) is 0 Å². The first-order valence-electron chi connectivity index (χ1n) is 8.21. The second-order valence-electron chi connectivity index (χ2n) is 5.64. The molecule has 0 unspecified atom stereocenters. The van der Waals surface area contributed by atoms with E-state index < -0.39 is 0 Å². The molecule has 0 atom stereocenters. The molecule has 2 rings (SSSR count). The van der Waals surface area contributed by atoms with E-state index in [0.29, 0.717) is 0 Å². The van der Waals surface area contributed by atoms with E-state index in [1.165, 1.54) is 5.69 Å². The van der Waals surface area contributed by atoms with Crippen LogP contribution in [0.5, 0.6) is 0 Å². The van der Waals surface area contributed by atoms with Crippen LogP contribution < -0.4 is 10.3 Å². The molecule has 0 fully saturated rings. The molecule has 1 N–H and O–H groups in total. The number of aryl methyl sites for hydroxylation is 2. The third kappa shape index (κ3) is 4.68. The van der Waals surface area contributed by atoms with Gasteiger partial charge in [-0.25, -0.2) is 5.43 Å². The summed E-state index contributed by atoms with van der Waals surface area (Å²) in [5.74, 6) is -0.197. The third-order valence-corrected chi connectivity index (χ3v) is 3.82. The number of benzene rings is 1. The lowest BCUT2D eigenvalue weighted by atomic mass is 10.2. The minimum Gasteiger partial charge on any atom is -0.372 e. The van der Waals surface area contributed by atoms with Crippen LogP contribution in [0.15, 0.2) is 35.4 Å². The van der Waals surface area contributed by atoms with Crippen molar-refractivity contribution in [2.24, 2.45) is 5.10 Å². The SMILES string of the molecule is CCN(CC)c1ccc(/C=N\NC(=O)Cn2nc(C)cc2C)cc1. The summed E-state index contributed by atoms with van der Waals surface area (Å²) in [6.07, 6.45) is 1.64. The van der Waals surface area contributed by atoms with Crippen LogP contribution in [0.4, 0.5) is 5.69 Å². The van der Waals surface area contributed by atoms with Crippen LogP contribution in [0.2, 0.25) is 0 Å². The summed E-state index contributed by atoms with van der Waals surface area (Å²) < 4.78 is 1.67. The van der Waals surface area contributed by atoms with Gasteiger partial charge in [0.25, 0.3) is 5.91 Å². The van der Waals surface area contributed by atoms with Crippen molar-refractivity contribution in [3.05, 3.63) is 47.3 Å². The molecule has 1 aromatic carbocycles. The first-order valence-corrected chi connectivity index (χ1v) is 8.21. The van der Waals surface area contributed by atoms with E-state index >= 15 is 0 Å². The average Bonchev–Trinajstić information content (AvgIpc) is 2.87. The second kappa shape index (κ2) is 8.29. The van der Waals surface area contributed by atoms with E-state index in [0.717, 1.165) is 30.0 Å². The van der Waals surface area contributed by atoms with Crippen molar-refractivity contribution in [2.45, 2.75) is 34.2 Å². The number of anilines is 1. The van der Waals surface area contributed by atoms with Crippen LogP contribution in [-0.2, 0) is 11.3 Å². The molecule has 0 aliphatic carbocycles. The van der Waals surface area contributed by atoms with Gasteiger partial charge in [-0.3, -0.25) is 9.48 Å². The maximum absolute atomic E-state index is 11.9. The molecule has 1 aromatic heterocycles. The fraction of sp³-hybridized carbons (Fsp3) is 0.389. The van der Waals surface area contributed by atoms with Crippen LogP contribution in [0, 0.1) is 13.8 Å². The molecule has 0 saturated heterocycles. The first-order chi connectivity index (χ1) is 11.5. The molecule has 0 aliphatic heterocycles. The molecule has 2 aromatic rings. The zero-order valence-corrected chi connectivity index (χ0v) is 14.8. The van der Waals surface area contributed by atoms with Gasteiger partial charge < -0.3 is 4.90 Å². The fourth-order valence-electron chi connectivity index (χ4n) is 2.55. The van der Waals surface area contributed by atoms with Crippen molar-refractivity contribution in [2.75, 3.05) is 18.0 Å². The maximum atomic E-state index is 11.9. The minimum absolute atomic E-state index is 0.165. The van der Waals surface area contributed by atoms with Crippen molar-refractivity contribution in [1.82, 2.24) is 15.2 Å². The predicted molar refractivity (Wildman–Crippen MR) is 97.4 cm³/mol. The number of carbonyl (C=O) groups excluding carboxylic acids is 1. The largest absolute Gasteiger partial charge is 0.372 e. The molecular weight excluding hydrogens is 302 g/mol. The standard InChI is InChI=1S/C18H25N5O/c1-5-22(6-2)17-9-7-16(8-10-17)12-19-20-18(24)13-23-15(4)11-14(3)21-23/h7-12H,5-6,13H2,1-4H3,(H,20,24)/b19-12-. The van der Waals surface area contributed by atoms with Crippen molar-refractivity contribution >= 4 is 17.8 Å². The van der Waals surface area contributed by atoms with Crippen LogP contribution in [0.25, 0.3) is 0 Å². The van der Waals surface area contributed by atoms with Crippen LogP contribution in [0.1, 0.15) is 30.8 Å². The molecule has 128 valence electrons. The number of hydrazone groups is 1.